The molecule has 26 heavy (non-hydrogen) atoms. The van der Waals surface area contributed by atoms with Crippen molar-refractivity contribution in [1.29, 1.82) is 0 Å². The van der Waals surface area contributed by atoms with Crippen LogP contribution in [0.15, 0.2) is 53.3 Å². The molecule has 132 valence electrons. The molecule has 0 bridgehead atoms. The lowest BCUT2D eigenvalue weighted by atomic mass is 10.1. The minimum absolute atomic E-state index is 0.0399. The monoisotopic (exact) mass is 349 g/mol. The van der Waals surface area contributed by atoms with Crippen LogP contribution in [0.3, 0.4) is 0 Å². The Bertz CT molecular complexity index is 1030. The lowest BCUT2D eigenvalue weighted by Crippen LogP contribution is -2.42. The van der Waals surface area contributed by atoms with Crippen molar-refractivity contribution < 1.29 is 9.53 Å². The van der Waals surface area contributed by atoms with Crippen molar-refractivity contribution >= 4 is 22.6 Å². The number of fused-ring (bicyclic) bond motifs is 2. The smallest absolute Gasteiger partial charge is 0.270 e. The van der Waals surface area contributed by atoms with Gasteiger partial charge in [0.2, 0.25) is 5.91 Å². The minimum Gasteiger partial charge on any atom is -0.487 e. The molecule has 0 radical (unpaired) electrons. The number of hydrogen-bond acceptors (Lipinski definition) is 4. The van der Waals surface area contributed by atoms with Crippen LogP contribution < -0.4 is 15.2 Å². The van der Waals surface area contributed by atoms with Crippen molar-refractivity contribution in [2.24, 2.45) is 0 Å². The van der Waals surface area contributed by atoms with Crippen molar-refractivity contribution in [3.05, 3.63) is 64.6 Å². The number of H-pyrrole nitrogens is 1. The van der Waals surface area contributed by atoms with E-state index < -0.39 is 0 Å². The van der Waals surface area contributed by atoms with Crippen LogP contribution in [0.2, 0.25) is 0 Å². The van der Waals surface area contributed by atoms with E-state index in [1.807, 2.05) is 55.5 Å². The van der Waals surface area contributed by atoms with Crippen molar-refractivity contribution in [3.63, 3.8) is 0 Å². The number of aryl methyl sites for hydroxylation is 1. The Morgan fingerprint density at radius 2 is 2.00 bits per heavy atom. The highest BCUT2D eigenvalue weighted by atomic mass is 16.5. The number of carbonyl (C=O) groups excluding carboxylic acids is 1. The fourth-order valence-electron chi connectivity index (χ4n) is 3.22. The lowest BCUT2D eigenvalue weighted by Gasteiger charge is -2.33. The molecule has 1 atom stereocenters. The predicted molar refractivity (Wildman–Crippen MR) is 99.6 cm³/mol. The first kappa shape index (κ1) is 16.3. The van der Waals surface area contributed by atoms with Gasteiger partial charge in [-0.25, -0.2) is 4.98 Å². The number of hydrogen-bond donors (Lipinski definition) is 1. The number of amides is 1. The van der Waals surface area contributed by atoms with E-state index in [9.17, 15) is 9.59 Å². The number of anilines is 1. The summed E-state index contributed by atoms with van der Waals surface area (Å²) in [7, 11) is 0. The standard InChI is InChI=1S/C20H19N3O3/c1-13-12-23(17-8-4-5-9-18(17)26-13)19(24)11-10-16-20(25)22-15-7-3-2-6-14(15)21-16/h2-9,13H,10-12H2,1H3,(H,22,25). The van der Waals surface area contributed by atoms with Gasteiger partial charge >= 0.3 is 0 Å². The molecule has 1 amide bonds. The number of nitrogens with zero attached hydrogens (tertiary/aromatic N) is 2. The summed E-state index contributed by atoms with van der Waals surface area (Å²) in [6.45, 7) is 2.43. The fraction of sp³-hybridized carbons (Fsp3) is 0.250. The molecule has 1 aromatic heterocycles. The molecule has 1 aliphatic heterocycles. The molecule has 2 heterocycles. The third-order valence-corrected chi connectivity index (χ3v) is 4.47. The van der Waals surface area contributed by atoms with E-state index in [0.717, 1.165) is 11.2 Å². The largest absolute Gasteiger partial charge is 0.487 e. The highest BCUT2D eigenvalue weighted by Gasteiger charge is 2.27. The van der Waals surface area contributed by atoms with Crippen LogP contribution in [0.4, 0.5) is 5.69 Å². The third-order valence-electron chi connectivity index (χ3n) is 4.47. The number of benzene rings is 2. The fourth-order valence-corrected chi connectivity index (χ4v) is 3.22. The molecular weight excluding hydrogens is 330 g/mol. The molecule has 1 unspecified atom stereocenters. The van der Waals surface area contributed by atoms with E-state index >= 15 is 0 Å². The second-order valence-electron chi connectivity index (χ2n) is 6.43. The Labute approximate surface area is 150 Å². The average molecular weight is 349 g/mol. The summed E-state index contributed by atoms with van der Waals surface area (Å²) in [5, 5.41) is 0. The summed E-state index contributed by atoms with van der Waals surface area (Å²) in [5.74, 6) is 0.670. The summed E-state index contributed by atoms with van der Waals surface area (Å²) in [6, 6.07) is 14.9. The normalized spacial score (nSPS) is 16.2. The molecule has 0 spiro atoms. The molecule has 1 aliphatic rings. The van der Waals surface area contributed by atoms with Gasteiger partial charge in [0.1, 0.15) is 17.5 Å². The van der Waals surface area contributed by atoms with Crippen LogP contribution in [0.5, 0.6) is 5.75 Å². The maximum absolute atomic E-state index is 12.8. The zero-order valence-corrected chi connectivity index (χ0v) is 14.4. The summed E-state index contributed by atoms with van der Waals surface area (Å²) >= 11 is 0. The Kier molecular flexibility index (Phi) is 4.16. The van der Waals surface area contributed by atoms with Gasteiger partial charge in [-0.3, -0.25) is 9.59 Å². The maximum atomic E-state index is 12.8. The van der Waals surface area contributed by atoms with Crippen LogP contribution in [0.25, 0.3) is 11.0 Å². The highest BCUT2D eigenvalue weighted by Crippen LogP contribution is 2.33. The number of carbonyl (C=O) groups is 1. The SMILES string of the molecule is CC1CN(C(=O)CCc2nc3ccccc3[nH]c2=O)c2ccccc2O1. The van der Waals surface area contributed by atoms with Crippen LogP contribution in [-0.4, -0.2) is 28.5 Å². The molecule has 3 aromatic rings. The van der Waals surface area contributed by atoms with E-state index in [1.54, 1.807) is 4.90 Å². The van der Waals surface area contributed by atoms with Gasteiger partial charge in [0, 0.05) is 12.8 Å². The van der Waals surface area contributed by atoms with Crippen molar-refractivity contribution in [2.75, 3.05) is 11.4 Å². The highest BCUT2D eigenvalue weighted by molar-refractivity contribution is 5.95. The first-order valence-corrected chi connectivity index (χ1v) is 8.66. The molecule has 0 aliphatic carbocycles. The van der Waals surface area contributed by atoms with Gasteiger partial charge in [-0.15, -0.1) is 0 Å². The topological polar surface area (TPSA) is 75.3 Å². The predicted octanol–water partition coefficient (Wildman–Crippen LogP) is 2.67. The lowest BCUT2D eigenvalue weighted by molar-refractivity contribution is -0.119. The second kappa shape index (κ2) is 6.63. The van der Waals surface area contributed by atoms with Crippen LogP contribution in [0, 0.1) is 0 Å². The number of para-hydroxylation sites is 4. The molecule has 1 N–H and O–H groups in total. The summed E-state index contributed by atoms with van der Waals surface area (Å²) < 4.78 is 5.78. The van der Waals surface area contributed by atoms with E-state index in [2.05, 4.69) is 9.97 Å². The number of rotatable bonds is 3. The first-order chi connectivity index (χ1) is 12.6. The number of aromatic amines is 1. The molecular formula is C20H19N3O3. The van der Waals surface area contributed by atoms with Crippen LogP contribution in [0.1, 0.15) is 19.0 Å². The van der Waals surface area contributed by atoms with Gasteiger partial charge in [-0.05, 0) is 31.2 Å². The Morgan fingerprint density at radius 3 is 2.88 bits per heavy atom. The summed E-state index contributed by atoms with van der Waals surface area (Å²) in [6.07, 6.45) is 0.443. The third kappa shape index (κ3) is 3.06. The Balaban J connectivity index is 1.54. The molecule has 6 nitrogen and oxygen atoms in total. The molecule has 0 saturated heterocycles. The van der Waals surface area contributed by atoms with Gasteiger partial charge in [-0.1, -0.05) is 24.3 Å². The minimum atomic E-state index is -0.243. The molecule has 6 heteroatoms. The van der Waals surface area contributed by atoms with Gasteiger partial charge in [-0.2, -0.15) is 0 Å². The van der Waals surface area contributed by atoms with Crippen LogP contribution in [-0.2, 0) is 11.2 Å². The number of ether oxygens (including phenoxy) is 1. The average Bonchev–Trinajstić information content (AvgIpc) is 2.65. The van der Waals surface area contributed by atoms with Gasteiger partial charge < -0.3 is 14.6 Å². The maximum Gasteiger partial charge on any atom is 0.270 e. The van der Waals surface area contributed by atoms with Crippen molar-refractivity contribution in [1.82, 2.24) is 9.97 Å². The molecule has 0 fully saturated rings. The number of aromatic nitrogens is 2. The van der Waals surface area contributed by atoms with Crippen molar-refractivity contribution in [2.45, 2.75) is 25.9 Å². The second-order valence-corrected chi connectivity index (χ2v) is 6.43. The quantitative estimate of drug-likeness (QED) is 0.789. The van der Waals surface area contributed by atoms with Crippen molar-refractivity contribution in [3.8, 4) is 5.75 Å². The van der Waals surface area contributed by atoms with Crippen LogP contribution >= 0.6 is 0 Å². The molecule has 2 aromatic carbocycles. The zero-order valence-electron chi connectivity index (χ0n) is 14.4. The summed E-state index contributed by atoms with van der Waals surface area (Å²) in [4.78, 5) is 34.0. The van der Waals surface area contributed by atoms with E-state index in [0.29, 0.717) is 29.9 Å². The van der Waals surface area contributed by atoms with E-state index in [1.165, 1.54) is 0 Å². The Hall–Kier alpha value is -3.15. The van der Waals surface area contributed by atoms with Gasteiger partial charge in [0.05, 0.1) is 23.3 Å². The number of nitrogens with one attached hydrogen (secondary N) is 1. The van der Waals surface area contributed by atoms with Gasteiger partial charge in [0.25, 0.3) is 5.56 Å². The zero-order chi connectivity index (χ0) is 18.1. The Morgan fingerprint density at radius 1 is 1.23 bits per heavy atom. The first-order valence-electron chi connectivity index (χ1n) is 8.66. The molecule has 0 saturated carbocycles. The molecule has 4 rings (SSSR count). The van der Waals surface area contributed by atoms with Gasteiger partial charge in [0.15, 0.2) is 0 Å². The van der Waals surface area contributed by atoms with E-state index in [-0.39, 0.29) is 24.0 Å². The summed E-state index contributed by atoms with van der Waals surface area (Å²) in [5.41, 5.74) is 2.33. The van der Waals surface area contributed by atoms with E-state index in [4.69, 9.17) is 4.74 Å².